The molecule has 0 heterocycles. The zero-order chi connectivity index (χ0) is 12.7. The average Bonchev–Trinajstić information content (AvgIpc) is 2.30. The average molecular weight is 255 g/mol. The Balaban J connectivity index is 2.44. The second kappa shape index (κ2) is 7.70. The van der Waals surface area contributed by atoms with Gasteiger partial charge < -0.3 is 5.32 Å². The molecule has 3 heteroatoms. The topological polar surface area (TPSA) is 15.3 Å². The third kappa shape index (κ3) is 5.53. The van der Waals surface area contributed by atoms with E-state index in [1.807, 2.05) is 18.2 Å². The van der Waals surface area contributed by atoms with Crippen LogP contribution in [0.2, 0.25) is 5.02 Å². The van der Waals surface area contributed by atoms with Crippen LogP contribution in [0, 0.1) is 0 Å². The Kier molecular flexibility index (Phi) is 6.56. The largest absolute Gasteiger partial charge is 0.313 e. The summed E-state index contributed by atoms with van der Waals surface area (Å²) in [5, 5.41) is 4.30. The molecule has 2 nitrogen and oxygen atoms in total. The number of benzene rings is 1. The molecule has 0 aromatic heterocycles. The molecule has 0 aliphatic rings. The second-order valence-electron chi connectivity index (χ2n) is 4.57. The van der Waals surface area contributed by atoms with Crippen molar-refractivity contribution >= 4 is 11.6 Å². The Bertz CT molecular complexity index is 326. The first-order chi connectivity index (χ1) is 8.13. The molecule has 0 bridgehead atoms. The van der Waals surface area contributed by atoms with Crippen molar-refractivity contribution in [2.24, 2.45) is 0 Å². The minimum atomic E-state index is 0.550. The van der Waals surface area contributed by atoms with E-state index >= 15 is 0 Å². The molecule has 1 aromatic rings. The Morgan fingerprint density at radius 2 is 2.00 bits per heavy atom. The van der Waals surface area contributed by atoms with Crippen LogP contribution < -0.4 is 5.32 Å². The summed E-state index contributed by atoms with van der Waals surface area (Å²) >= 11 is 6.17. The second-order valence-corrected chi connectivity index (χ2v) is 4.98. The molecule has 0 aliphatic carbocycles. The Morgan fingerprint density at radius 1 is 1.29 bits per heavy atom. The summed E-state index contributed by atoms with van der Waals surface area (Å²) in [5.74, 6) is 0. The molecule has 0 atom stereocenters. The Morgan fingerprint density at radius 3 is 2.59 bits per heavy atom. The van der Waals surface area contributed by atoms with Gasteiger partial charge in [0.25, 0.3) is 0 Å². The highest BCUT2D eigenvalue weighted by Gasteiger charge is 2.06. The third-order valence-electron chi connectivity index (χ3n) is 2.78. The van der Waals surface area contributed by atoms with Gasteiger partial charge in [0.1, 0.15) is 0 Å². The highest BCUT2D eigenvalue weighted by Crippen LogP contribution is 2.16. The fourth-order valence-electron chi connectivity index (χ4n) is 1.73. The molecule has 1 N–H and O–H groups in total. The maximum atomic E-state index is 6.17. The quantitative estimate of drug-likeness (QED) is 0.804. The molecule has 96 valence electrons. The number of hydrogen-bond donors (Lipinski definition) is 1. The number of likely N-dealkylation sites (N-methyl/N-ethyl adjacent to an activating group) is 1. The van der Waals surface area contributed by atoms with Gasteiger partial charge in [-0.25, -0.2) is 0 Å². The van der Waals surface area contributed by atoms with E-state index in [1.165, 1.54) is 5.56 Å². The highest BCUT2D eigenvalue weighted by atomic mass is 35.5. The van der Waals surface area contributed by atoms with Crippen LogP contribution in [0.3, 0.4) is 0 Å². The number of nitrogens with one attached hydrogen (secondary N) is 1. The summed E-state index contributed by atoms with van der Waals surface area (Å²) < 4.78 is 0. The van der Waals surface area contributed by atoms with Crippen LogP contribution in [-0.2, 0) is 6.54 Å². The first-order valence-electron chi connectivity index (χ1n) is 6.32. The monoisotopic (exact) mass is 254 g/mol. The Hall–Kier alpha value is -0.570. The van der Waals surface area contributed by atoms with Crippen LogP contribution in [-0.4, -0.2) is 30.6 Å². The van der Waals surface area contributed by atoms with Crippen molar-refractivity contribution < 1.29 is 0 Å². The van der Waals surface area contributed by atoms with Gasteiger partial charge in [-0.2, -0.15) is 0 Å². The van der Waals surface area contributed by atoms with Crippen molar-refractivity contribution in [3.05, 3.63) is 34.9 Å². The fraction of sp³-hybridized carbons (Fsp3) is 0.571. The minimum Gasteiger partial charge on any atom is -0.313 e. The van der Waals surface area contributed by atoms with E-state index in [4.69, 9.17) is 11.6 Å². The van der Waals surface area contributed by atoms with Gasteiger partial charge in [-0.3, -0.25) is 4.90 Å². The van der Waals surface area contributed by atoms with E-state index in [0.29, 0.717) is 6.04 Å². The molecule has 1 rings (SSSR count). The first-order valence-corrected chi connectivity index (χ1v) is 6.70. The van der Waals surface area contributed by atoms with Crippen LogP contribution in [0.1, 0.15) is 26.3 Å². The molecule has 1 aromatic carbocycles. The molecular formula is C14H23ClN2. The number of hydrogen-bond acceptors (Lipinski definition) is 2. The minimum absolute atomic E-state index is 0.550. The van der Waals surface area contributed by atoms with E-state index in [9.17, 15) is 0 Å². The number of halogens is 1. The molecule has 0 amide bonds. The molecule has 0 fully saturated rings. The van der Waals surface area contributed by atoms with Crippen LogP contribution >= 0.6 is 11.6 Å². The lowest BCUT2D eigenvalue weighted by molar-refractivity contribution is 0.276. The van der Waals surface area contributed by atoms with Crippen molar-refractivity contribution in [3.63, 3.8) is 0 Å². The van der Waals surface area contributed by atoms with E-state index in [0.717, 1.165) is 31.2 Å². The summed E-state index contributed by atoms with van der Waals surface area (Å²) in [6.07, 6.45) is 0. The van der Waals surface area contributed by atoms with Crippen molar-refractivity contribution in [2.75, 3.05) is 19.6 Å². The molecule has 0 radical (unpaired) electrons. The van der Waals surface area contributed by atoms with Gasteiger partial charge in [0.2, 0.25) is 0 Å². The van der Waals surface area contributed by atoms with Gasteiger partial charge in [-0.05, 0) is 18.2 Å². The lowest BCUT2D eigenvalue weighted by Gasteiger charge is -2.22. The molecule has 0 aliphatic heterocycles. The summed E-state index contributed by atoms with van der Waals surface area (Å²) in [6.45, 7) is 10.6. The van der Waals surface area contributed by atoms with Gasteiger partial charge in [0, 0.05) is 30.7 Å². The van der Waals surface area contributed by atoms with E-state index in [-0.39, 0.29) is 0 Å². The van der Waals surface area contributed by atoms with Crippen molar-refractivity contribution in [2.45, 2.75) is 33.4 Å². The third-order valence-corrected chi connectivity index (χ3v) is 3.15. The standard InChI is InChI=1S/C14H23ClN2/c1-4-17(10-9-16-12(2)3)11-13-7-5-6-8-14(13)15/h5-8,12,16H,4,9-11H2,1-3H3. The highest BCUT2D eigenvalue weighted by molar-refractivity contribution is 6.31. The van der Waals surface area contributed by atoms with Crippen molar-refractivity contribution in [1.82, 2.24) is 10.2 Å². The van der Waals surface area contributed by atoms with Gasteiger partial charge in [-0.1, -0.05) is 50.6 Å². The molecule has 0 saturated carbocycles. The smallest absolute Gasteiger partial charge is 0.0451 e. The van der Waals surface area contributed by atoms with E-state index in [2.05, 4.69) is 37.1 Å². The zero-order valence-electron chi connectivity index (χ0n) is 11.0. The molecule has 0 unspecified atom stereocenters. The van der Waals surface area contributed by atoms with Crippen molar-refractivity contribution in [3.8, 4) is 0 Å². The molecule has 0 saturated heterocycles. The van der Waals surface area contributed by atoms with Crippen LogP contribution in [0.4, 0.5) is 0 Å². The molecule has 0 spiro atoms. The van der Waals surface area contributed by atoms with Gasteiger partial charge in [-0.15, -0.1) is 0 Å². The summed E-state index contributed by atoms with van der Waals surface area (Å²) in [6, 6.07) is 8.62. The maximum absolute atomic E-state index is 6.17. The van der Waals surface area contributed by atoms with E-state index < -0.39 is 0 Å². The van der Waals surface area contributed by atoms with E-state index in [1.54, 1.807) is 0 Å². The number of nitrogens with zero attached hydrogens (tertiary/aromatic N) is 1. The lowest BCUT2D eigenvalue weighted by Crippen LogP contribution is -2.34. The predicted octanol–water partition coefficient (Wildman–Crippen LogP) is 3.16. The summed E-state index contributed by atoms with van der Waals surface area (Å²) in [5.41, 5.74) is 1.21. The predicted molar refractivity (Wildman–Crippen MR) is 75.5 cm³/mol. The van der Waals surface area contributed by atoms with Gasteiger partial charge in [0.05, 0.1) is 0 Å². The van der Waals surface area contributed by atoms with Crippen molar-refractivity contribution in [1.29, 1.82) is 0 Å². The lowest BCUT2D eigenvalue weighted by atomic mass is 10.2. The first kappa shape index (κ1) is 14.5. The van der Waals surface area contributed by atoms with Crippen LogP contribution in [0.15, 0.2) is 24.3 Å². The van der Waals surface area contributed by atoms with Crippen LogP contribution in [0.5, 0.6) is 0 Å². The normalized spacial score (nSPS) is 11.4. The maximum Gasteiger partial charge on any atom is 0.0451 e. The summed E-state index contributed by atoms with van der Waals surface area (Å²) in [4.78, 5) is 2.40. The molecular weight excluding hydrogens is 232 g/mol. The van der Waals surface area contributed by atoms with Gasteiger partial charge >= 0.3 is 0 Å². The fourth-order valence-corrected chi connectivity index (χ4v) is 1.92. The number of rotatable bonds is 7. The van der Waals surface area contributed by atoms with Gasteiger partial charge in [0.15, 0.2) is 0 Å². The zero-order valence-corrected chi connectivity index (χ0v) is 11.8. The SMILES string of the molecule is CCN(CCNC(C)C)Cc1ccccc1Cl. The summed E-state index contributed by atoms with van der Waals surface area (Å²) in [7, 11) is 0. The molecule has 17 heavy (non-hydrogen) atoms. The Labute approximate surface area is 110 Å². The van der Waals surface area contributed by atoms with Crippen LogP contribution in [0.25, 0.3) is 0 Å².